The Morgan fingerprint density at radius 2 is 1.97 bits per heavy atom. The zero-order valence-electron chi connectivity index (χ0n) is 17.6. The van der Waals surface area contributed by atoms with Crippen molar-refractivity contribution in [2.75, 3.05) is 5.32 Å². The molecule has 3 aromatic heterocycles. The number of H-pyrrole nitrogens is 1. The summed E-state index contributed by atoms with van der Waals surface area (Å²) in [6.45, 7) is 3.92. The maximum Gasteiger partial charge on any atom is 0.263 e. The summed E-state index contributed by atoms with van der Waals surface area (Å²) in [5, 5.41) is 4.87. The lowest BCUT2D eigenvalue weighted by molar-refractivity contribution is 0.624. The molecule has 2 N–H and O–H groups in total. The standard InChI is InChI=1S/C24H21FN6O/c1-3-18(30-23-21-22(27-12-26-21)28-13-29-23)19-10-15-7-4-6-14(2)20(15)24(32)31(19)17-9-5-8-16(25)11-17/h4-13,18H,3H2,1-2H3,(H2,26,27,28,29,30). The molecule has 0 bridgehead atoms. The Kier molecular flexibility index (Phi) is 4.89. The maximum atomic E-state index is 14.1. The SMILES string of the molecule is CCC(Nc1ncnc2[nH]cnc12)c1cc2cccc(C)c2c(=O)n1-c1cccc(F)c1. The number of halogens is 1. The van der Waals surface area contributed by atoms with Crippen LogP contribution in [0.2, 0.25) is 0 Å². The Hall–Kier alpha value is -4.07. The van der Waals surface area contributed by atoms with Crippen molar-refractivity contribution < 1.29 is 4.39 Å². The first-order chi connectivity index (χ1) is 15.6. The van der Waals surface area contributed by atoms with Crippen LogP contribution in [0.15, 0.2) is 66.0 Å². The Morgan fingerprint density at radius 1 is 1.12 bits per heavy atom. The van der Waals surface area contributed by atoms with Crippen LogP contribution in [0, 0.1) is 12.7 Å². The third-order valence-corrected chi connectivity index (χ3v) is 5.64. The number of benzene rings is 2. The van der Waals surface area contributed by atoms with Gasteiger partial charge in [-0.3, -0.25) is 9.36 Å². The second-order valence-electron chi connectivity index (χ2n) is 7.66. The number of aromatic amines is 1. The third kappa shape index (κ3) is 3.30. The first kappa shape index (κ1) is 19.9. The van der Waals surface area contributed by atoms with E-state index in [4.69, 9.17) is 0 Å². The topological polar surface area (TPSA) is 88.5 Å². The van der Waals surface area contributed by atoms with Crippen molar-refractivity contribution >= 4 is 27.8 Å². The average Bonchev–Trinajstić information content (AvgIpc) is 3.27. The van der Waals surface area contributed by atoms with E-state index in [1.807, 2.05) is 38.1 Å². The summed E-state index contributed by atoms with van der Waals surface area (Å²) < 4.78 is 15.7. The van der Waals surface area contributed by atoms with Gasteiger partial charge in [-0.15, -0.1) is 0 Å². The Bertz CT molecular complexity index is 1510. The zero-order valence-corrected chi connectivity index (χ0v) is 17.6. The van der Waals surface area contributed by atoms with E-state index in [-0.39, 0.29) is 11.6 Å². The predicted octanol–water partition coefficient (Wildman–Crippen LogP) is 4.67. The number of nitrogens with one attached hydrogen (secondary N) is 2. The molecule has 7 nitrogen and oxygen atoms in total. The zero-order chi connectivity index (χ0) is 22.2. The van der Waals surface area contributed by atoms with Gasteiger partial charge in [-0.05, 0) is 48.6 Å². The van der Waals surface area contributed by atoms with E-state index >= 15 is 0 Å². The first-order valence-corrected chi connectivity index (χ1v) is 10.4. The molecular formula is C24H21FN6O. The van der Waals surface area contributed by atoms with E-state index in [1.54, 1.807) is 23.0 Å². The molecule has 2 aromatic carbocycles. The lowest BCUT2D eigenvalue weighted by Gasteiger charge is -2.23. The highest BCUT2D eigenvalue weighted by atomic mass is 19.1. The van der Waals surface area contributed by atoms with Crippen molar-refractivity contribution in [3.63, 3.8) is 0 Å². The van der Waals surface area contributed by atoms with Crippen LogP contribution in [-0.4, -0.2) is 24.5 Å². The summed E-state index contributed by atoms with van der Waals surface area (Å²) in [5.41, 5.74) is 3.11. The number of aromatic nitrogens is 5. The van der Waals surface area contributed by atoms with Crippen molar-refractivity contribution in [1.29, 1.82) is 0 Å². The Morgan fingerprint density at radius 3 is 2.78 bits per heavy atom. The van der Waals surface area contributed by atoms with E-state index in [9.17, 15) is 9.18 Å². The van der Waals surface area contributed by atoms with Crippen molar-refractivity contribution in [3.8, 4) is 5.69 Å². The molecule has 1 atom stereocenters. The Balaban J connectivity index is 1.75. The van der Waals surface area contributed by atoms with E-state index in [0.717, 1.165) is 10.9 Å². The minimum absolute atomic E-state index is 0.186. The third-order valence-electron chi connectivity index (χ3n) is 5.64. The van der Waals surface area contributed by atoms with Crippen LogP contribution in [0.1, 0.15) is 30.6 Å². The Labute approximate surface area is 183 Å². The highest BCUT2D eigenvalue weighted by Gasteiger charge is 2.21. The van der Waals surface area contributed by atoms with Gasteiger partial charge < -0.3 is 10.3 Å². The van der Waals surface area contributed by atoms with Gasteiger partial charge in [0.25, 0.3) is 5.56 Å². The molecule has 5 aromatic rings. The van der Waals surface area contributed by atoms with Crippen molar-refractivity contribution in [1.82, 2.24) is 24.5 Å². The smallest absolute Gasteiger partial charge is 0.263 e. The number of fused-ring (bicyclic) bond motifs is 2. The first-order valence-electron chi connectivity index (χ1n) is 10.4. The van der Waals surface area contributed by atoms with E-state index in [1.165, 1.54) is 18.5 Å². The summed E-state index contributed by atoms with van der Waals surface area (Å²) in [6, 6.07) is 13.5. The van der Waals surface area contributed by atoms with Crippen molar-refractivity contribution in [3.05, 3.63) is 88.6 Å². The quantitative estimate of drug-likeness (QED) is 0.425. The van der Waals surface area contributed by atoms with Gasteiger partial charge in [-0.25, -0.2) is 19.3 Å². The summed E-state index contributed by atoms with van der Waals surface area (Å²) in [4.78, 5) is 29.5. The minimum atomic E-state index is -0.403. The number of hydrogen-bond acceptors (Lipinski definition) is 5. The van der Waals surface area contributed by atoms with Gasteiger partial charge in [-0.1, -0.05) is 31.2 Å². The molecule has 0 aliphatic rings. The van der Waals surface area contributed by atoms with Gasteiger partial charge in [0, 0.05) is 5.69 Å². The van der Waals surface area contributed by atoms with E-state index < -0.39 is 5.82 Å². The van der Waals surface area contributed by atoms with Gasteiger partial charge in [0.15, 0.2) is 11.5 Å². The number of pyridine rings is 1. The highest BCUT2D eigenvalue weighted by Crippen LogP contribution is 2.28. The molecule has 160 valence electrons. The van der Waals surface area contributed by atoms with Crippen LogP contribution >= 0.6 is 0 Å². The van der Waals surface area contributed by atoms with E-state index in [0.29, 0.717) is 40.2 Å². The van der Waals surface area contributed by atoms with Gasteiger partial charge in [-0.2, -0.15) is 0 Å². The second kappa shape index (κ2) is 7.88. The van der Waals surface area contributed by atoms with Crippen molar-refractivity contribution in [2.24, 2.45) is 0 Å². The van der Waals surface area contributed by atoms with Crippen LogP contribution in [0.3, 0.4) is 0 Å². The van der Waals surface area contributed by atoms with Gasteiger partial charge in [0.2, 0.25) is 0 Å². The molecule has 0 aliphatic heterocycles. The molecular weight excluding hydrogens is 407 g/mol. The van der Waals surface area contributed by atoms with Crippen LogP contribution in [0.25, 0.3) is 27.6 Å². The lowest BCUT2D eigenvalue weighted by Crippen LogP contribution is -2.27. The monoisotopic (exact) mass is 428 g/mol. The molecule has 0 radical (unpaired) electrons. The summed E-state index contributed by atoms with van der Waals surface area (Å²) in [6.07, 6.45) is 3.67. The molecule has 0 spiro atoms. The second-order valence-corrected chi connectivity index (χ2v) is 7.66. The molecule has 0 amide bonds. The number of nitrogens with zero attached hydrogens (tertiary/aromatic N) is 4. The fourth-order valence-electron chi connectivity index (χ4n) is 4.11. The van der Waals surface area contributed by atoms with Gasteiger partial charge in [0.05, 0.1) is 23.4 Å². The molecule has 0 aliphatic carbocycles. The summed E-state index contributed by atoms with van der Waals surface area (Å²) in [7, 11) is 0. The largest absolute Gasteiger partial charge is 0.360 e. The number of anilines is 1. The number of aryl methyl sites for hydroxylation is 1. The predicted molar refractivity (Wildman–Crippen MR) is 123 cm³/mol. The fourth-order valence-corrected chi connectivity index (χ4v) is 4.11. The molecule has 0 saturated heterocycles. The number of imidazole rings is 1. The van der Waals surface area contributed by atoms with Gasteiger partial charge in [0.1, 0.15) is 17.7 Å². The van der Waals surface area contributed by atoms with Gasteiger partial charge >= 0.3 is 0 Å². The molecule has 32 heavy (non-hydrogen) atoms. The number of rotatable bonds is 5. The van der Waals surface area contributed by atoms with E-state index in [2.05, 4.69) is 25.3 Å². The van der Waals surface area contributed by atoms with Crippen molar-refractivity contribution in [2.45, 2.75) is 26.3 Å². The maximum absolute atomic E-state index is 14.1. The minimum Gasteiger partial charge on any atom is -0.360 e. The van der Waals surface area contributed by atoms with Crippen LogP contribution in [-0.2, 0) is 0 Å². The summed E-state index contributed by atoms with van der Waals surface area (Å²) >= 11 is 0. The normalized spacial score (nSPS) is 12.3. The lowest BCUT2D eigenvalue weighted by atomic mass is 10.0. The molecule has 0 fully saturated rings. The fraction of sp³-hybridized carbons (Fsp3) is 0.167. The van der Waals surface area contributed by atoms with Crippen LogP contribution < -0.4 is 10.9 Å². The van der Waals surface area contributed by atoms with Crippen LogP contribution in [0.5, 0.6) is 0 Å². The number of hydrogen-bond donors (Lipinski definition) is 2. The molecule has 8 heteroatoms. The van der Waals surface area contributed by atoms with Crippen LogP contribution in [0.4, 0.5) is 10.2 Å². The molecule has 1 unspecified atom stereocenters. The summed E-state index contributed by atoms with van der Waals surface area (Å²) in [5.74, 6) is 0.158. The average molecular weight is 428 g/mol. The highest BCUT2D eigenvalue weighted by molar-refractivity contribution is 5.86. The molecule has 3 heterocycles. The molecule has 0 saturated carbocycles. The molecule has 5 rings (SSSR count).